The first-order chi connectivity index (χ1) is 25.9. The van der Waals surface area contributed by atoms with Crippen LogP contribution in [0.1, 0.15) is 182 Å². The van der Waals surface area contributed by atoms with E-state index in [1.807, 2.05) is 0 Å². The Bertz CT molecular complexity index is 955. The van der Waals surface area contributed by atoms with Gasteiger partial charge in [0, 0.05) is 0 Å². The van der Waals surface area contributed by atoms with Gasteiger partial charge in [-0.05, 0) is 25.7 Å². The zero-order valence-corrected chi connectivity index (χ0v) is 39.0. The molecule has 0 aromatic rings. The van der Waals surface area contributed by atoms with Crippen LogP contribution < -0.4 is 0 Å². The molecule has 0 spiro atoms. The molecule has 0 aliphatic heterocycles. The van der Waals surface area contributed by atoms with E-state index in [0.29, 0.717) is 25.7 Å². The number of carbonyl (C=O) groups excluding carboxylic acids is 2. The van der Waals surface area contributed by atoms with Crippen molar-refractivity contribution in [3.8, 4) is 0 Å². The summed E-state index contributed by atoms with van der Waals surface area (Å²) < 4.78 is 73.7. The average molecular weight is 910 g/mol. The van der Waals surface area contributed by atoms with Gasteiger partial charge in [0.05, 0.1) is 26.4 Å². The summed E-state index contributed by atoms with van der Waals surface area (Å²) in [6.45, 7) is 8.56. The van der Waals surface area contributed by atoms with Crippen LogP contribution in [0.25, 0.3) is 0 Å². The molecule has 55 heavy (non-hydrogen) atoms. The number of hydrogen-bond donors (Lipinski definition) is 4. The summed E-state index contributed by atoms with van der Waals surface area (Å²) in [6.07, 6.45) is 24.2. The molecular weight excluding hydrogens is 836 g/mol. The molecule has 0 aromatic heterocycles. The standard InChI is InChI=1S/2C16H36O7P2.C2HO2.Ti/c2*1-3-5-7-9-11-13-15-21-24(17,18)23-25(19,20)22-16-14-12-10-8-6-4-2;3-1-2-4;/h2*3-16H2,1-2H3,(H,17,18)(H,19,20);1H;. The Morgan fingerprint density at radius 3 is 0.745 bits per heavy atom. The van der Waals surface area contributed by atoms with Crippen molar-refractivity contribution in [2.24, 2.45) is 0 Å². The predicted octanol–water partition coefficient (Wildman–Crippen LogP) is 11.2. The number of carbonyl (C=O) groups is 2. The molecule has 0 aliphatic rings. The Morgan fingerprint density at radius 2 is 0.582 bits per heavy atom. The molecule has 21 heteroatoms. The van der Waals surface area contributed by atoms with E-state index in [1.165, 1.54) is 46.1 Å². The van der Waals surface area contributed by atoms with Crippen molar-refractivity contribution < 1.29 is 94.6 Å². The number of aldehydes is 1. The molecule has 0 saturated carbocycles. The third kappa shape index (κ3) is 50.6. The van der Waals surface area contributed by atoms with Gasteiger partial charge in [-0.2, -0.15) is 8.62 Å². The minimum absolute atomic E-state index is 0.0112. The first-order valence-electron chi connectivity index (χ1n) is 20.0. The number of rotatable bonds is 37. The van der Waals surface area contributed by atoms with Crippen LogP contribution in [0.2, 0.25) is 0 Å². The van der Waals surface area contributed by atoms with Crippen LogP contribution >= 0.6 is 31.3 Å². The van der Waals surface area contributed by atoms with Crippen LogP contribution in [0, 0.1) is 0 Å². The van der Waals surface area contributed by atoms with E-state index in [-0.39, 0.29) is 32.7 Å². The van der Waals surface area contributed by atoms with Gasteiger partial charge in [0.1, 0.15) is 0 Å². The summed E-state index contributed by atoms with van der Waals surface area (Å²) in [7, 11) is -18.3. The Labute approximate surface area is 343 Å². The second-order valence-electron chi connectivity index (χ2n) is 12.9. The number of hydrogen-bond acceptors (Lipinski definition) is 12. The fraction of sp³-hybridized carbons (Fsp3) is 0.941. The Morgan fingerprint density at radius 1 is 0.418 bits per heavy atom. The Hall–Kier alpha value is 0.574. The van der Waals surface area contributed by atoms with Gasteiger partial charge in [-0.15, -0.1) is 0 Å². The fourth-order valence-corrected chi connectivity index (χ4v) is 8.88. The van der Waals surface area contributed by atoms with E-state index in [9.17, 15) is 42.6 Å². The molecule has 329 valence electrons. The molecule has 0 radical (unpaired) electrons. The first kappa shape index (κ1) is 59.9. The van der Waals surface area contributed by atoms with Crippen LogP contribution in [-0.4, -0.2) is 56.4 Å². The average Bonchev–Trinajstić information content (AvgIpc) is 3.09. The molecule has 4 N–H and O–H groups in total. The van der Waals surface area contributed by atoms with Gasteiger partial charge in [-0.1, -0.05) is 156 Å². The maximum atomic E-state index is 11.7. The molecule has 4 atom stereocenters. The predicted molar refractivity (Wildman–Crippen MR) is 210 cm³/mol. The van der Waals surface area contributed by atoms with Gasteiger partial charge in [0.25, 0.3) is 0 Å². The minimum atomic E-state index is -4.58. The van der Waals surface area contributed by atoms with Crippen molar-refractivity contribution >= 4 is 41.7 Å². The maximum absolute atomic E-state index is 11.7. The second kappa shape index (κ2) is 40.0. The van der Waals surface area contributed by atoms with E-state index in [4.69, 9.17) is 22.9 Å². The van der Waals surface area contributed by atoms with Crippen LogP contribution in [0.15, 0.2) is 0 Å². The van der Waals surface area contributed by atoms with Crippen LogP contribution in [0.4, 0.5) is 0 Å². The van der Waals surface area contributed by atoms with Gasteiger partial charge in [0.2, 0.25) is 0 Å². The van der Waals surface area contributed by atoms with Crippen LogP contribution in [-0.2, 0) is 75.0 Å². The Kier molecular flexibility index (Phi) is 43.6. The number of unbranched alkanes of at least 4 members (excludes halogenated alkanes) is 20. The SMILES string of the molecule is CCCCCCCCOP(=O)(O)OP(=O)(O)OCCCCCCCC.CCCCCCCCOP(=O)(O)OP(=O)(O)OCCCCCCCC.O=C[C](=O)[Ti]. The van der Waals surface area contributed by atoms with Crippen molar-refractivity contribution in [2.75, 3.05) is 26.4 Å². The summed E-state index contributed by atoms with van der Waals surface area (Å²) in [5, 5.41) is 0. The van der Waals surface area contributed by atoms with Gasteiger partial charge in [-0.3, -0.25) is 18.1 Å². The summed E-state index contributed by atoms with van der Waals surface area (Å²) >= 11 is 1.22. The molecule has 0 aromatic carbocycles. The van der Waals surface area contributed by atoms with E-state index in [1.54, 1.807) is 0 Å². The summed E-state index contributed by atoms with van der Waals surface area (Å²) in [5.41, 5.74) is 0. The number of phosphoric acid groups is 4. The molecule has 16 nitrogen and oxygen atoms in total. The van der Waals surface area contributed by atoms with Crippen molar-refractivity contribution in [3.63, 3.8) is 0 Å². The first-order valence-corrected chi connectivity index (χ1v) is 26.7. The molecule has 0 fully saturated rings. The normalized spacial score (nSPS) is 15.5. The molecule has 0 bridgehead atoms. The quantitative estimate of drug-likeness (QED) is 0.0149. The van der Waals surface area contributed by atoms with E-state index < -0.39 is 35.4 Å². The van der Waals surface area contributed by atoms with E-state index >= 15 is 0 Å². The zero-order valence-electron chi connectivity index (χ0n) is 33.9. The summed E-state index contributed by atoms with van der Waals surface area (Å²) in [4.78, 5) is 56.6. The monoisotopic (exact) mass is 909 g/mol. The molecule has 4 unspecified atom stereocenters. The Balaban J connectivity index is -0.000000874. The van der Waals surface area contributed by atoms with E-state index in [0.717, 1.165) is 103 Å². The molecule has 0 rings (SSSR count). The molecule has 0 amide bonds. The third-order valence-corrected chi connectivity index (χ3v) is 13.1. The third-order valence-electron chi connectivity index (χ3n) is 7.53. The zero-order chi connectivity index (χ0) is 42.3. The van der Waals surface area contributed by atoms with Crippen molar-refractivity contribution in [1.29, 1.82) is 0 Å². The van der Waals surface area contributed by atoms with Gasteiger partial charge in [-0.25, -0.2) is 18.3 Å². The molecule has 0 aliphatic carbocycles. The van der Waals surface area contributed by atoms with Crippen molar-refractivity contribution in [2.45, 2.75) is 182 Å². The summed E-state index contributed by atoms with van der Waals surface area (Å²) in [5.74, 6) is 0. The van der Waals surface area contributed by atoms with Crippen LogP contribution in [0.5, 0.6) is 0 Å². The number of phosphoric ester groups is 4. The van der Waals surface area contributed by atoms with Crippen molar-refractivity contribution in [1.82, 2.24) is 0 Å². The molecule has 0 heterocycles. The molecule has 0 saturated heterocycles. The summed E-state index contributed by atoms with van der Waals surface area (Å²) in [6, 6.07) is 0. The topological polar surface area (TPSA) is 239 Å². The van der Waals surface area contributed by atoms with Crippen LogP contribution in [0.3, 0.4) is 0 Å². The second-order valence-corrected chi connectivity index (χ2v) is 19.8. The molecular formula is C34H73O16P4Ti. The van der Waals surface area contributed by atoms with E-state index in [2.05, 4.69) is 36.3 Å². The fourth-order valence-electron chi connectivity index (χ4n) is 4.60. The van der Waals surface area contributed by atoms with Gasteiger partial charge < -0.3 is 19.6 Å². The van der Waals surface area contributed by atoms with Gasteiger partial charge >= 0.3 is 71.7 Å². The van der Waals surface area contributed by atoms with Crippen molar-refractivity contribution in [3.05, 3.63) is 0 Å². The van der Waals surface area contributed by atoms with Gasteiger partial charge in [0.15, 0.2) is 0 Å².